The van der Waals surface area contributed by atoms with Gasteiger partial charge in [0.1, 0.15) is 5.82 Å². The monoisotopic (exact) mass is 233 g/mol. The van der Waals surface area contributed by atoms with Gasteiger partial charge in [-0.1, -0.05) is 6.92 Å². The van der Waals surface area contributed by atoms with Crippen LogP contribution in [0.3, 0.4) is 0 Å². The molecule has 3 nitrogen and oxygen atoms in total. The molecule has 4 heteroatoms. The number of nitrogens with zero attached hydrogens (tertiary/aromatic N) is 1. The van der Waals surface area contributed by atoms with Crippen LogP contribution >= 0.6 is 0 Å². The van der Waals surface area contributed by atoms with Crippen molar-refractivity contribution >= 4 is 16.9 Å². The Morgan fingerprint density at radius 1 is 1.47 bits per heavy atom. The first kappa shape index (κ1) is 11.5. The molecule has 0 saturated carbocycles. The number of carboxylic acids is 1. The van der Waals surface area contributed by atoms with E-state index in [1.807, 2.05) is 6.92 Å². The van der Waals surface area contributed by atoms with E-state index in [2.05, 4.69) is 4.98 Å². The molecule has 0 saturated heterocycles. The van der Waals surface area contributed by atoms with Gasteiger partial charge in [0.25, 0.3) is 0 Å². The van der Waals surface area contributed by atoms with Gasteiger partial charge in [0.05, 0.1) is 11.1 Å². The third-order valence-corrected chi connectivity index (χ3v) is 2.84. The largest absolute Gasteiger partial charge is 0.478 e. The summed E-state index contributed by atoms with van der Waals surface area (Å²) in [5.74, 6) is -1.50. The zero-order valence-corrected chi connectivity index (χ0v) is 9.62. The first-order valence-corrected chi connectivity index (χ1v) is 5.36. The average molecular weight is 233 g/mol. The number of carboxylic acid groups (broad SMARTS) is 1. The predicted octanol–water partition coefficient (Wildman–Crippen LogP) is 2.94. The summed E-state index contributed by atoms with van der Waals surface area (Å²) in [5, 5.41) is 9.58. The second-order valence-electron chi connectivity index (χ2n) is 3.88. The van der Waals surface area contributed by atoms with Crippen LogP contribution in [0.15, 0.2) is 18.2 Å². The SMILES string of the molecule is CCc1nc2ccc(F)cc2c(C(=O)O)c1C. The third kappa shape index (κ3) is 1.86. The molecular formula is C13H12FNO2. The number of hydrogen-bond acceptors (Lipinski definition) is 2. The van der Waals surface area contributed by atoms with Gasteiger partial charge in [-0.25, -0.2) is 9.18 Å². The lowest BCUT2D eigenvalue weighted by Gasteiger charge is -2.10. The Kier molecular flexibility index (Phi) is 2.79. The fraction of sp³-hybridized carbons (Fsp3) is 0.231. The maximum Gasteiger partial charge on any atom is 0.336 e. The highest BCUT2D eigenvalue weighted by Gasteiger charge is 2.16. The molecule has 0 amide bonds. The summed E-state index contributed by atoms with van der Waals surface area (Å²) in [6.07, 6.45) is 0.652. The van der Waals surface area contributed by atoms with Crippen LogP contribution in [0.4, 0.5) is 4.39 Å². The molecule has 1 aromatic carbocycles. The molecule has 0 spiro atoms. The number of aromatic nitrogens is 1. The van der Waals surface area contributed by atoms with Crippen molar-refractivity contribution in [3.8, 4) is 0 Å². The second kappa shape index (κ2) is 4.13. The van der Waals surface area contributed by atoms with E-state index in [0.29, 0.717) is 22.9 Å². The van der Waals surface area contributed by atoms with Crippen molar-refractivity contribution in [1.29, 1.82) is 0 Å². The topological polar surface area (TPSA) is 50.2 Å². The van der Waals surface area contributed by atoms with Gasteiger partial charge < -0.3 is 5.11 Å². The molecular weight excluding hydrogens is 221 g/mol. The Labute approximate surface area is 97.9 Å². The molecule has 17 heavy (non-hydrogen) atoms. The molecule has 1 aromatic heterocycles. The molecule has 0 aliphatic carbocycles. The van der Waals surface area contributed by atoms with Crippen LogP contribution in [-0.4, -0.2) is 16.1 Å². The Hall–Kier alpha value is -1.97. The summed E-state index contributed by atoms with van der Waals surface area (Å²) in [5.41, 5.74) is 2.01. The van der Waals surface area contributed by atoms with Crippen molar-refractivity contribution in [1.82, 2.24) is 4.98 Å². The number of pyridine rings is 1. The lowest BCUT2D eigenvalue weighted by atomic mass is 10.0. The van der Waals surface area contributed by atoms with E-state index < -0.39 is 11.8 Å². The van der Waals surface area contributed by atoms with Crippen molar-refractivity contribution in [3.05, 3.63) is 40.8 Å². The van der Waals surface area contributed by atoms with Crippen molar-refractivity contribution < 1.29 is 14.3 Å². The molecule has 0 radical (unpaired) electrons. The number of fused-ring (bicyclic) bond motifs is 1. The van der Waals surface area contributed by atoms with Gasteiger partial charge in [-0.15, -0.1) is 0 Å². The highest BCUT2D eigenvalue weighted by Crippen LogP contribution is 2.24. The summed E-state index contributed by atoms with van der Waals surface area (Å²) in [4.78, 5) is 15.6. The molecule has 2 aromatic rings. The number of carbonyl (C=O) groups is 1. The van der Waals surface area contributed by atoms with Gasteiger partial charge in [-0.05, 0) is 37.1 Å². The van der Waals surface area contributed by atoms with Gasteiger partial charge in [0, 0.05) is 11.1 Å². The summed E-state index contributed by atoms with van der Waals surface area (Å²) < 4.78 is 13.2. The van der Waals surface area contributed by atoms with E-state index in [4.69, 9.17) is 0 Å². The molecule has 0 atom stereocenters. The van der Waals surface area contributed by atoms with E-state index in [1.165, 1.54) is 18.2 Å². The highest BCUT2D eigenvalue weighted by atomic mass is 19.1. The number of aryl methyl sites for hydroxylation is 1. The smallest absolute Gasteiger partial charge is 0.336 e. The number of rotatable bonds is 2. The molecule has 0 fully saturated rings. The first-order chi connectivity index (χ1) is 8.04. The molecule has 1 heterocycles. The van der Waals surface area contributed by atoms with Gasteiger partial charge in [0.15, 0.2) is 0 Å². The predicted molar refractivity (Wildman–Crippen MR) is 62.8 cm³/mol. The zero-order chi connectivity index (χ0) is 12.6. The maximum absolute atomic E-state index is 13.2. The first-order valence-electron chi connectivity index (χ1n) is 5.36. The minimum absolute atomic E-state index is 0.145. The van der Waals surface area contributed by atoms with Crippen molar-refractivity contribution in [2.75, 3.05) is 0 Å². The van der Waals surface area contributed by atoms with E-state index in [-0.39, 0.29) is 5.56 Å². The Morgan fingerprint density at radius 3 is 2.76 bits per heavy atom. The normalized spacial score (nSPS) is 10.8. The quantitative estimate of drug-likeness (QED) is 0.867. The Morgan fingerprint density at radius 2 is 2.18 bits per heavy atom. The number of halogens is 1. The fourth-order valence-corrected chi connectivity index (χ4v) is 2.00. The fourth-order valence-electron chi connectivity index (χ4n) is 2.00. The maximum atomic E-state index is 13.2. The molecule has 0 aliphatic heterocycles. The summed E-state index contributed by atoms with van der Waals surface area (Å²) >= 11 is 0. The van der Waals surface area contributed by atoms with Crippen LogP contribution in [0.2, 0.25) is 0 Å². The van der Waals surface area contributed by atoms with E-state index in [0.717, 1.165) is 5.69 Å². The lowest BCUT2D eigenvalue weighted by molar-refractivity contribution is 0.0698. The highest BCUT2D eigenvalue weighted by molar-refractivity contribution is 6.04. The van der Waals surface area contributed by atoms with Gasteiger partial charge in [-0.2, -0.15) is 0 Å². The zero-order valence-electron chi connectivity index (χ0n) is 9.62. The Balaban J connectivity index is 2.92. The average Bonchev–Trinajstić information content (AvgIpc) is 2.27. The van der Waals surface area contributed by atoms with Crippen LogP contribution in [-0.2, 0) is 6.42 Å². The number of hydrogen-bond donors (Lipinski definition) is 1. The van der Waals surface area contributed by atoms with Crippen LogP contribution < -0.4 is 0 Å². The molecule has 0 aliphatic rings. The van der Waals surface area contributed by atoms with Crippen LogP contribution in [0, 0.1) is 12.7 Å². The summed E-state index contributed by atoms with van der Waals surface area (Å²) in [7, 11) is 0. The number of aromatic carboxylic acids is 1. The lowest BCUT2D eigenvalue weighted by Crippen LogP contribution is -2.06. The van der Waals surface area contributed by atoms with Crippen molar-refractivity contribution in [2.24, 2.45) is 0 Å². The van der Waals surface area contributed by atoms with Crippen LogP contribution in [0.25, 0.3) is 10.9 Å². The molecule has 0 bridgehead atoms. The number of benzene rings is 1. The van der Waals surface area contributed by atoms with Crippen LogP contribution in [0.5, 0.6) is 0 Å². The minimum Gasteiger partial charge on any atom is -0.478 e. The van der Waals surface area contributed by atoms with Crippen molar-refractivity contribution in [2.45, 2.75) is 20.3 Å². The Bertz CT molecular complexity index is 608. The van der Waals surface area contributed by atoms with Crippen molar-refractivity contribution in [3.63, 3.8) is 0 Å². The van der Waals surface area contributed by atoms with Crippen LogP contribution in [0.1, 0.15) is 28.5 Å². The third-order valence-electron chi connectivity index (χ3n) is 2.84. The van der Waals surface area contributed by atoms with E-state index in [1.54, 1.807) is 6.92 Å². The molecule has 88 valence electrons. The van der Waals surface area contributed by atoms with E-state index >= 15 is 0 Å². The molecule has 2 rings (SSSR count). The standard InChI is InChI=1S/C13H12FNO2/c1-3-10-7(2)12(13(16)17)9-6-8(14)4-5-11(9)15-10/h4-6H,3H2,1-2H3,(H,16,17). The second-order valence-corrected chi connectivity index (χ2v) is 3.88. The minimum atomic E-state index is -1.05. The summed E-state index contributed by atoms with van der Waals surface area (Å²) in [6.45, 7) is 3.62. The molecule has 1 N–H and O–H groups in total. The van der Waals surface area contributed by atoms with E-state index in [9.17, 15) is 14.3 Å². The van der Waals surface area contributed by atoms with Gasteiger partial charge >= 0.3 is 5.97 Å². The molecule has 0 unspecified atom stereocenters. The van der Waals surface area contributed by atoms with Gasteiger partial charge in [-0.3, -0.25) is 4.98 Å². The summed E-state index contributed by atoms with van der Waals surface area (Å²) in [6, 6.07) is 4.02. The van der Waals surface area contributed by atoms with Gasteiger partial charge in [0.2, 0.25) is 0 Å².